The average Bonchev–Trinajstić information content (AvgIpc) is 2.55. The number of hydrogen-bond donors (Lipinski definition) is 2. The third-order valence-electron chi connectivity index (χ3n) is 4.54. The minimum Gasteiger partial charge on any atom is -0.508 e. The smallest absolute Gasteiger partial charge is 0.119 e. The van der Waals surface area contributed by atoms with Crippen LogP contribution in [0, 0.1) is 0 Å². The van der Waals surface area contributed by atoms with Gasteiger partial charge in [0, 0.05) is 12.6 Å². The number of hydrogen-bond acceptors (Lipinski definition) is 2. The predicted octanol–water partition coefficient (Wildman–Crippen LogP) is 4.21. The van der Waals surface area contributed by atoms with Gasteiger partial charge in [0.25, 0.3) is 0 Å². The lowest BCUT2D eigenvalue weighted by atomic mass is 9.81. The first-order valence-corrected chi connectivity index (χ1v) is 7.88. The summed E-state index contributed by atoms with van der Waals surface area (Å²) in [5.41, 5.74) is 2.47. The predicted molar refractivity (Wildman–Crippen MR) is 86.4 cm³/mol. The van der Waals surface area contributed by atoms with E-state index in [-0.39, 0.29) is 0 Å². The number of nitrogens with one attached hydrogen (secondary N) is 1. The number of benzene rings is 2. The van der Waals surface area contributed by atoms with E-state index in [9.17, 15) is 5.11 Å². The third kappa shape index (κ3) is 3.64. The van der Waals surface area contributed by atoms with Crippen molar-refractivity contribution in [3.05, 3.63) is 65.7 Å². The van der Waals surface area contributed by atoms with Crippen molar-refractivity contribution in [2.45, 2.75) is 44.2 Å². The first-order valence-electron chi connectivity index (χ1n) is 7.88. The van der Waals surface area contributed by atoms with Crippen LogP contribution in [0.3, 0.4) is 0 Å². The van der Waals surface area contributed by atoms with Gasteiger partial charge in [-0.25, -0.2) is 0 Å². The largest absolute Gasteiger partial charge is 0.508 e. The summed E-state index contributed by atoms with van der Waals surface area (Å²) < 4.78 is 0. The lowest BCUT2D eigenvalue weighted by Crippen LogP contribution is -2.32. The van der Waals surface area contributed by atoms with E-state index in [1.807, 2.05) is 12.1 Å². The zero-order valence-electron chi connectivity index (χ0n) is 12.3. The van der Waals surface area contributed by atoms with Gasteiger partial charge in [0.2, 0.25) is 0 Å². The van der Waals surface area contributed by atoms with Crippen LogP contribution in [-0.2, 0) is 6.54 Å². The van der Waals surface area contributed by atoms with Crippen LogP contribution in [0.15, 0.2) is 54.6 Å². The summed E-state index contributed by atoms with van der Waals surface area (Å²) in [6.07, 6.45) is 4.69. The molecular formula is C19H23NO. The van der Waals surface area contributed by atoms with E-state index in [0.717, 1.165) is 24.9 Å². The van der Waals surface area contributed by atoms with Crippen molar-refractivity contribution in [3.8, 4) is 5.75 Å². The van der Waals surface area contributed by atoms with E-state index >= 15 is 0 Å². The van der Waals surface area contributed by atoms with E-state index in [4.69, 9.17) is 0 Å². The van der Waals surface area contributed by atoms with Crippen LogP contribution >= 0.6 is 0 Å². The first kappa shape index (κ1) is 14.2. The van der Waals surface area contributed by atoms with Crippen LogP contribution in [0.1, 0.15) is 42.7 Å². The third-order valence-corrected chi connectivity index (χ3v) is 4.54. The second-order valence-corrected chi connectivity index (χ2v) is 5.97. The fourth-order valence-corrected chi connectivity index (χ4v) is 3.30. The SMILES string of the molecule is Oc1ccccc1C1CCC(NCc2ccccc2)CC1. The molecule has 0 spiro atoms. The Morgan fingerprint density at radius 1 is 0.857 bits per heavy atom. The van der Waals surface area contributed by atoms with Crippen molar-refractivity contribution in [2.24, 2.45) is 0 Å². The zero-order valence-corrected chi connectivity index (χ0v) is 12.3. The standard InChI is InChI=1S/C19H23NO/c21-19-9-5-4-8-18(19)16-10-12-17(13-11-16)20-14-15-6-2-1-3-7-15/h1-9,16-17,20-21H,10-14H2. The molecule has 0 heterocycles. The van der Waals surface area contributed by atoms with Gasteiger partial charge < -0.3 is 10.4 Å². The van der Waals surface area contributed by atoms with E-state index in [2.05, 4.69) is 41.7 Å². The summed E-state index contributed by atoms with van der Waals surface area (Å²) in [6.45, 7) is 0.951. The Labute approximate surface area is 126 Å². The van der Waals surface area contributed by atoms with Crippen molar-refractivity contribution in [1.29, 1.82) is 0 Å². The fourth-order valence-electron chi connectivity index (χ4n) is 3.30. The monoisotopic (exact) mass is 281 g/mol. The molecule has 1 aliphatic rings. The van der Waals surface area contributed by atoms with Crippen LogP contribution in [0.4, 0.5) is 0 Å². The topological polar surface area (TPSA) is 32.3 Å². The van der Waals surface area contributed by atoms with Crippen molar-refractivity contribution in [3.63, 3.8) is 0 Å². The van der Waals surface area contributed by atoms with Crippen molar-refractivity contribution in [1.82, 2.24) is 5.32 Å². The molecule has 2 aromatic carbocycles. The van der Waals surface area contributed by atoms with E-state index in [1.54, 1.807) is 6.07 Å². The summed E-state index contributed by atoms with van der Waals surface area (Å²) >= 11 is 0. The molecule has 0 amide bonds. The highest BCUT2D eigenvalue weighted by molar-refractivity contribution is 5.35. The molecule has 0 bridgehead atoms. The highest BCUT2D eigenvalue weighted by Gasteiger charge is 2.23. The molecule has 1 saturated carbocycles. The van der Waals surface area contributed by atoms with Gasteiger partial charge in [0.05, 0.1) is 0 Å². The summed E-state index contributed by atoms with van der Waals surface area (Å²) in [4.78, 5) is 0. The molecule has 0 radical (unpaired) electrons. The van der Waals surface area contributed by atoms with Gasteiger partial charge in [0.15, 0.2) is 0 Å². The minimum atomic E-state index is 0.457. The Hall–Kier alpha value is -1.80. The molecule has 0 aliphatic heterocycles. The molecule has 21 heavy (non-hydrogen) atoms. The molecular weight excluding hydrogens is 258 g/mol. The van der Waals surface area contributed by atoms with Crippen LogP contribution < -0.4 is 5.32 Å². The molecule has 2 nitrogen and oxygen atoms in total. The summed E-state index contributed by atoms with van der Waals surface area (Å²) in [7, 11) is 0. The maximum absolute atomic E-state index is 9.97. The van der Waals surface area contributed by atoms with Crippen molar-refractivity contribution >= 4 is 0 Å². The lowest BCUT2D eigenvalue weighted by molar-refractivity contribution is 0.335. The van der Waals surface area contributed by atoms with Crippen LogP contribution in [0.2, 0.25) is 0 Å². The van der Waals surface area contributed by atoms with Gasteiger partial charge in [0.1, 0.15) is 5.75 Å². The Morgan fingerprint density at radius 3 is 2.24 bits per heavy atom. The highest BCUT2D eigenvalue weighted by atomic mass is 16.3. The maximum Gasteiger partial charge on any atom is 0.119 e. The summed E-state index contributed by atoms with van der Waals surface area (Å²) in [5, 5.41) is 13.6. The molecule has 2 aromatic rings. The van der Waals surface area contributed by atoms with E-state index in [0.29, 0.717) is 17.7 Å². The van der Waals surface area contributed by atoms with Gasteiger partial charge in [-0.1, -0.05) is 48.5 Å². The molecule has 0 saturated heterocycles. The number of para-hydroxylation sites is 1. The molecule has 110 valence electrons. The second kappa shape index (κ2) is 6.77. The summed E-state index contributed by atoms with van der Waals surface area (Å²) in [6, 6.07) is 19.0. The normalized spacial score (nSPS) is 22.1. The number of aromatic hydroxyl groups is 1. The summed E-state index contributed by atoms with van der Waals surface area (Å²) in [5.74, 6) is 0.971. The average molecular weight is 281 g/mol. The molecule has 1 aliphatic carbocycles. The number of phenolic OH excluding ortho intramolecular Hbond substituents is 1. The second-order valence-electron chi connectivity index (χ2n) is 5.97. The maximum atomic E-state index is 9.97. The molecule has 0 atom stereocenters. The molecule has 1 fully saturated rings. The minimum absolute atomic E-state index is 0.457. The zero-order chi connectivity index (χ0) is 14.5. The van der Waals surface area contributed by atoms with Gasteiger partial charge in [-0.05, 0) is 48.8 Å². The first-order chi connectivity index (χ1) is 10.3. The lowest BCUT2D eigenvalue weighted by Gasteiger charge is -2.29. The van der Waals surface area contributed by atoms with Crippen LogP contribution in [0.5, 0.6) is 5.75 Å². The molecule has 0 unspecified atom stereocenters. The Morgan fingerprint density at radius 2 is 1.52 bits per heavy atom. The van der Waals surface area contributed by atoms with Gasteiger partial charge in [-0.2, -0.15) is 0 Å². The Balaban J connectivity index is 1.50. The molecule has 0 aromatic heterocycles. The number of rotatable bonds is 4. The van der Waals surface area contributed by atoms with Crippen LogP contribution in [-0.4, -0.2) is 11.1 Å². The fraction of sp³-hybridized carbons (Fsp3) is 0.368. The van der Waals surface area contributed by atoms with Crippen LogP contribution in [0.25, 0.3) is 0 Å². The number of phenols is 1. The highest BCUT2D eigenvalue weighted by Crippen LogP contribution is 2.36. The quantitative estimate of drug-likeness (QED) is 0.880. The Bertz CT molecular complexity index is 559. The molecule has 2 N–H and O–H groups in total. The van der Waals surface area contributed by atoms with Crippen molar-refractivity contribution in [2.75, 3.05) is 0 Å². The van der Waals surface area contributed by atoms with E-state index in [1.165, 1.54) is 18.4 Å². The van der Waals surface area contributed by atoms with E-state index < -0.39 is 0 Å². The van der Waals surface area contributed by atoms with Gasteiger partial charge in [-0.15, -0.1) is 0 Å². The Kier molecular flexibility index (Phi) is 4.56. The molecule has 2 heteroatoms. The van der Waals surface area contributed by atoms with Gasteiger partial charge in [-0.3, -0.25) is 0 Å². The van der Waals surface area contributed by atoms with Crippen molar-refractivity contribution < 1.29 is 5.11 Å². The van der Waals surface area contributed by atoms with Gasteiger partial charge >= 0.3 is 0 Å². The molecule has 3 rings (SSSR count).